The van der Waals surface area contributed by atoms with E-state index in [-0.39, 0.29) is 29.1 Å². The Morgan fingerprint density at radius 3 is 2.38 bits per heavy atom. The molecular formula is C19H25BClF4N3O4. The second-order valence-electron chi connectivity index (χ2n) is 7.20. The van der Waals surface area contributed by atoms with Crippen LogP contribution in [0.3, 0.4) is 0 Å². The fourth-order valence-electron chi connectivity index (χ4n) is 3.74. The van der Waals surface area contributed by atoms with E-state index in [1.54, 1.807) is 4.57 Å². The van der Waals surface area contributed by atoms with Crippen LogP contribution in [0.5, 0.6) is 5.75 Å². The highest BCUT2D eigenvalue weighted by atomic mass is 35.5. The monoisotopic (exact) mass is 481 g/mol. The lowest BCUT2D eigenvalue weighted by Gasteiger charge is -2.25. The highest BCUT2D eigenvalue weighted by molar-refractivity contribution is 6.33. The lowest BCUT2D eigenvalue weighted by Crippen LogP contribution is -2.32. The second-order valence-corrected chi connectivity index (χ2v) is 7.20. The number of nitrogens with zero attached hydrogens (tertiary/aromatic N) is 3. The van der Waals surface area contributed by atoms with Gasteiger partial charge in [0, 0.05) is 31.9 Å². The summed E-state index contributed by atoms with van der Waals surface area (Å²) in [5, 5.41) is 9.31. The number of halogens is 5. The molecule has 1 saturated heterocycles. The van der Waals surface area contributed by atoms with Gasteiger partial charge in [0.05, 0.1) is 18.0 Å². The summed E-state index contributed by atoms with van der Waals surface area (Å²) in [7, 11) is 1.75. The van der Waals surface area contributed by atoms with E-state index < -0.39 is 24.8 Å². The van der Waals surface area contributed by atoms with Gasteiger partial charge >= 0.3 is 13.5 Å². The number of pyridine rings is 1. The molecule has 2 heterocycles. The molecule has 1 N–H and O–H groups in total. The number of anilines is 1. The molecule has 0 aliphatic carbocycles. The summed E-state index contributed by atoms with van der Waals surface area (Å²) >= 11 is 0. The molecule has 0 saturated carbocycles. The number of carboxylic acids is 1. The summed E-state index contributed by atoms with van der Waals surface area (Å²) < 4.78 is 51.2. The average molecular weight is 482 g/mol. The maximum absolute atomic E-state index is 15.1. The number of methoxy groups -OCH3 is 1. The number of aryl methyl sites for hydroxylation is 1. The summed E-state index contributed by atoms with van der Waals surface area (Å²) in [4.78, 5) is 28.0. The Kier molecular flexibility index (Phi) is 9.83. The van der Waals surface area contributed by atoms with Crippen molar-refractivity contribution in [3.8, 4) is 5.75 Å². The maximum atomic E-state index is 15.1. The number of rotatable bonds is 5. The van der Waals surface area contributed by atoms with Crippen LogP contribution < -0.4 is 15.1 Å². The predicted molar refractivity (Wildman–Crippen MR) is 118 cm³/mol. The van der Waals surface area contributed by atoms with E-state index in [2.05, 4.69) is 4.90 Å². The first-order chi connectivity index (χ1) is 14.5. The van der Waals surface area contributed by atoms with Gasteiger partial charge < -0.3 is 24.2 Å². The van der Waals surface area contributed by atoms with Gasteiger partial charge in [-0.1, -0.05) is 0 Å². The van der Waals surface area contributed by atoms with Crippen molar-refractivity contribution in [2.24, 2.45) is 0 Å². The van der Waals surface area contributed by atoms with Crippen molar-refractivity contribution in [1.82, 2.24) is 9.47 Å². The van der Waals surface area contributed by atoms with Gasteiger partial charge in [-0.25, -0.2) is 9.18 Å². The third-order valence-electron chi connectivity index (χ3n) is 5.23. The Hall–Kier alpha value is -2.47. The van der Waals surface area contributed by atoms with E-state index in [1.807, 2.05) is 25.9 Å². The molecule has 1 aliphatic heterocycles. The molecule has 13 heteroatoms. The number of ether oxygens (including phenoxy) is 1. The van der Waals surface area contributed by atoms with Crippen LogP contribution in [-0.4, -0.2) is 68.4 Å². The summed E-state index contributed by atoms with van der Waals surface area (Å²) in [6.45, 7) is 3.56. The standard InChI is InChI=1S/C19H24FN3O4.BF3.ClH/c1-5-22-10-13(19(25)26)17(24)12-8-14(20)16(18(27-4)15(12)22)23-7-6-11(9-23)21(2)3;2-1(3)4;/h8,10-11H,5-7,9H2,1-4H3,(H,25,26);;1H. The van der Waals surface area contributed by atoms with Crippen molar-refractivity contribution >= 4 is 42.5 Å². The third kappa shape index (κ3) is 5.66. The van der Waals surface area contributed by atoms with Crippen LogP contribution in [0.2, 0.25) is 0 Å². The minimum atomic E-state index is -3.67. The molecule has 3 rings (SSSR count). The molecule has 1 aromatic heterocycles. The SMILES string of the molecule is CCn1cc(C(=O)O)c(=O)c2cc(F)c(N3CCC(N(C)C)C3)c(OC)c21.Cl.FB(F)F. The number of carboxylic acid groups (broad SMARTS) is 1. The first-order valence-corrected chi connectivity index (χ1v) is 9.53. The molecule has 0 radical (unpaired) electrons. The number of aromatic carboxylic acids is 1. The number of benzene rings is 1. The van der Waals surface area contributed by atoms with Gasteiger partial charge in [0.2, 0.25) is 5.43 Å². The second kappa shape index (κ2) is 11.4. The molecule has 32 heavy (non-hydrogen) atoms. The molecule has 0 spiro atoms. The smallest absolute Gasteiger partial charge is 0.492 e. The quantitative estimate of drug-likeness (QED) is 0.522. The van der Waals surface area contributed by atoms with E-state index in [0.717, 1.165) is 12.5 Å². The van der Waals surface area contributed by atoms with Crippen LogP contribution in [0.25, 0.3) is 10.9 Å². The third-order valence-corrected chi connectivity index (χ3v) is 5.23. The van der Waals surface area contributed by atoms with Gasteiger partial charge in [0.15, 0.2) is 11.6 Å². The molecule has 178 valence electrons. The van der Waals surface area contributed by atoms with Crippen LogP contribution in [0.4, 0.5) is 23.0 Å². The molecule has 1 fully saturated rings. The van der Waals surface area contributed by atoms with Crippen LogP contribution in [0.1, 0.15) is 23.7 Å². The van der Waals surface area contributed by atoms with Gasteiger partial charge in [-0.2, -0.15) is 0 Å². The van der Waals surface area contributed by atoms with Crippen LogP contribution in [0.15, 0.2) is 17.1 Å². The Bertz CT molecular complexity index is 1020. The normalized spacial score (nSPS) is 15.3. The van der Waals surface area contributed by atoms with Gasteiger partial charge in [-0.3, -0.25) is 17.7 Å². The van der Waals surface area contributed by atoms with Crippen molar-refractivity contribution in [3.63, 3.8) is 0 Å². The largest absolute Gasteiger partial charge is 0.762 e. The number of carbonyl (C=O) groups is 1. The minimum Gasteiger partial charge on any atom is -0.492 e. The van der Waals surface area contributed by atoms with E-state index in [9.17, 15) is 27.6 Å². The summed E-state index contributed by atoms with van der Waals surface area (Å²) in [5.74, 6) is -1.65. The highest BCUT2D eigenvalue weighted by Gasteiger charge is 2.30. The summed E-state index contributed by atoms with van der Waals surface area (Å²) in [6, 6.07) is 1.43. The number of fused-ring (bicyclic) bond motifs is 1. The zero-order valence-electron chi connectivity index (χ0n) is 18.1. The molecule has 0 bridgehead atoms. The highest BCUT2D eigenvalue weighted by Crippen LogP contribution is 2.39. The lowest BCUT2D eigenvalue weighted by molar-refractivity contribution is 0.0694. The van der Waals surface area contributed by atoms with Crippen molar-refractivity contribution in [3.05, 3.63) is 33.9 Å². The van der Waals surface area contributed by atoms with Crippen molar-refractivity contribution < 1.29 is 32.0 Å². The van der Waals surface area contributed by atoms with Gasteiger partial charge in [0.1, 0.15) is 11.3 Å². The van der Waals surface area contributed by atoms with Crippen molar-refractivity contribution in [2.45, 2.75) is 25.9 Å². The minimum absolute atomic E-state index is 0. The van der Waals surface area contributed by atoms with Crippen molar-refractivity contribution in [2.75, 3.05) is 39.2 Å². The zero-order valence-corrected chi connectivity index (χ0v) is 18.9. The number of hydrogen-bond acceptors (Lipinski definition) is 5. The first-order valence-electron chi connectivity index (χ1n) is 9.53. The van der Waals surface area contributed by atoms with Gasteiger partial charge in [0.25, 0.3) is 0 Å². The first kappa shape index (κ1) is 27.6. The summed E-state index contributed by atoms with van der Waals surface area (Å²) in [5.41, 5.74) is -0.357. The fraction of sp³-hybridized carbons (Fsp3) is 0.474. The number of likely N-dealkylation sites (N-methyl/N-ethyl adjacent to an activating group) is 1. The molecule has 2 aromatic rings. The molecule has 1 unspecified atom stereocenters. The Morgan fingerprint density at radius 2 is 1.94 bits per heavy atom. The Labute approximate surface area is 189 Å². The Morgan fingerprint density at radius 1 is 1.34 bits per heavy atom. The average Bonchev–Trinajstić information content (AvgIpc) is 3.17. The van der Waals surface area contributed by atoms with Gasteiger partial charge in [-0.15, -0.1) is 12.4 Å². The Balaban J connectivity index is 0.000000945. The van der Waals surface area contributed by atoms with E-state index in [4.69, 9.17) is 4.74 Å². The lowest BCUT2D eigenvalue weighted by atomic mass is 10.1. The number of aromatic nitrogens is 1. The van der Waals surface area contributed by atoms with Crippen molar-refractivity contribution in [1.29, 1.82) is 0 Å². The molecule has 1 aliphatic rings. The molecule has 1 atom stereocenters. The fourth-order valence-corrected chi connectivity index (χ4v) is 3.74. The maximum Gasteiger partial charge on any atom is 0.762 e. The van der Waals surface area contributed by atoms with Crippen LogP contribution >= 0.6 is 12.4 Å². The zero-order chi connectivity index (χ0) is 23.5. The molecule has 7 nitrogen and oxygen atoms in total. The predicted octanol–water partition coefficient (Wildman–Crippen LogP) is 3.31. The van der Waals surface area contributed by atoms with Crippen LogP contribution in [-0.2, 0) is 6.54 Å². The molecule has 1 aromatic carbocycles. The molecule has 0 amide bonds. The summed E-state index contributed by atoms with van der Waals surface area (Å²) in [6.07, 6.45) is 2.19. The number of hydrogen-bond donors (Lipinski definition) is 1. The topological polar surface area (TPSA) is 75.0 Å². The van der Waals surface area contributed by atoms with Crippen LogP contribution in [0, 0.1) is 5.82 Å². The van der Waals surface area contributed by atoms with E-state index >= 15 is 4.39 Å². The van der Waals surface area contributed by atoms with Gasteiger partial charge in [-0.05, 0) is 33.5 Å². The van der Waals surface area contributed by atoms with E-state index in [0.29, 0.717) is 36.9 Å². The van der Waals surface area contributed by atoms with E-state index in [1.165, 1.54) is 13.3 Å². The molecular weight excluding hydrogens is 456 g/mol.